The molecule has 0 spiro atoms. The Bertz CT molecular complexity index is 94.7. The fraction of sp³-hybridized carbons (Fsp3) is 0.333. The van der Waals surface area contributed by atoms with Gasteiger partial charge in [-0.25, -0.2) is 4.79 Å². The summed E-state index contributed by atoms with van der Waals surface area (Å²) in [5.74, 6) is -0.317. The third-order valence-electron chi connectivity index (χ3n) is 0.626. The molecule has 8 heavy (non-hydrogen) atoms. The highest BCUT2D eigenvalue weighted by Gasteiger charge is 1.85. The van der Waals surface area contributed by atoms with Crippen molar-refractivity contribution >= 4 is 5.97 Å². The first-order valence-electron chi connectivity index (χ1n) is 2.35. The number of hydrogen-bond donors (Lipinski definition) is 0. The maximum absolute atomic E-state index is 10.2. The quantitative estimate of drug-likeness (QED) is 0.393. The van der Waals surface area contributed by atoms with Gasteiger partial charge < -0.3 is 4.74 Å². The van der Waals surface area contributed by atoms with Gasteiger partial charge >= 0.3 is 5.97 Å². The molecule has 0 amide bonds. The first-order valence-corrected chi connectivity index (χ1v) is 2.35. The van der Waals surface area contributed by atoms with Crippen LogP contribution in [0.4, 0.5) is 0 Å². The maximum atomic E-state index is 10.2. The van der Waals surface area contributed by atoms with Gasteiger partial charge in [0.2, 0.25) is 0 Å². The summed E-state index contributed by atoms with van der Waals surface area (Å²) >= 11 is 0. The first kappa shape index (κ1) is 7.21. The lowest BCUT2D eigenvalue weighted by atomic mass is 10.4. The van der Waals surface area contributed by atoms with Crippen molar-refractivity contribution in [1.82, 2.24) is 0 Å². The Morgan fingerprint density at radius 3 is 2.62 bits per heavy atom. The van der Waals surface area contributed by atoms with Gasteiger partial charge in [-0.1, -0.05) is 13.0 Å². The zero-order chi connectivity index (χ0) is 6.41. The van der Waals surface area contributed by atoms with E-state index in [1.807, 2.05) is 6.92 Å². The number of carbonyl (C=O) groups is 1. The normalized spacial score (nSPS) is 9.75. The van der Waals surface area contributed by atoms with E-state index >= 15 is 0 Å². The largest absolute Gasteiger partial charge is 0.466 e. The van der Waals surface area contributed by atoms with E-state index < -0.39 is 0 Å². The molecule has 0 aliphatic rings. The van der Waals surface area contributed by atoms with E-state index in [-0.39, 0.29) is 5.97 Å². The minimum atomic E-state index is -0.317. The predicted octanol–water partition coefficient (Wildman–Crippen LogP) is 0.940. The maximum Gasteiger partial charge on any atom is 0.330 e. The molecule has 1 radical (unpaired) electrons. The molecular weight excluding hydrogens is 104 g/mol. The van der Waals surface area contributed by atoms with Gasteiger partial charge in [0.1, 0.15) is 0 Å². The van der Waals surface area contributed by atoms with Crippen LogP contribution in [0.15, 0.2) is 12.2 Å². The molecule has 0 atom stereocenters. The number of ether oxygens (including phenoxy) is 1. The van der Waals surface area contributed by atoms with Crippen molar-refractivity contribution in [2.24, 2.45) is 0 Å². The number of allylic oxidation sites excluding steroid dienone is 1. The Kier molecular flexibility index (Phi) is 3.94. The standard InChI is InChI=1S/C6H9O2/c1-3-4-5-6(7)8-2/h3-5H,1-2H3. The Morgan fingerprint density at radius 1 is 1.62 bits per heavy atom. The molecule has 0 heterocycles. The average molecular weight is 113 g/mol. The smallest absolute Gasteiger partial charge is 0.330 e. The van der Waals surface area contributed by atoms with Gasteiger partial charge in [0.15, 0.2) is 0 Å². The number of methoxy groups -OCH3 is 1. The van der Waals surface area contributed by atoms with Crippen LogP contribution in [0.25, 0.3) is 0 Å². The zero-order valence-electron chi connectivity index (χ0n) is 5.05. The molecule has 0 aliphatic heterocycles. The molecular formula is C6H9O2. The minimum Gasteiger partial charge on any atom is -0.466 e. The SMILES string of the molecule is C[CH]C=CC(=O)OC. The second kappa shape index (κ2) is 4.37. The molecule has 2 heteroatoms. The third-order valence-corrected chi connectivity index (χ3v) is 0.626. The number of esters is 1. The highest BCUT2D eigenvalue weighted by atomic mass is 16.5. The predicted molar refractivity (Wildman–Crippen MR) is 31.1 cm³/mol. The molecule has 2 nitrogen and oxygen atoms in total. The minimum absolute atomic E-state index is 0.317. The van der Waals surface area contributed by atoms with Gasteiger partial charge in [-0.15, -0.1) is 0 Å². The van der Waals surface area contributed by atoms with E-state index in [4.69, 9.17) is 0 Å². The Morgan fingerprint density at radius 2 is 2.25 bits per heavy atom. The van der Waals surface area contributed by atoms with Crippen LogP contribution < -0.4 is 0 Å². The highest BCUT2D eigenvalue weighted by Crippen LogP contribution is 1.79. The zero-order valence-corrected chi connectivity index (χ0v) is 5.05. The average Bonchev–Trinajstić information content (AvgIpc) is 1.83. The van der Waals surface area contributed by atoms with Crippen molar-refractivity contribution in [3.05, 3.63) is 18.6 Å². The molecule has 0 aromatic rings. The summed E-state index contributed by atoms with van der Waals surface area (Å²) in [5, 5.41) is 0. The van der Waals surface area contributed by atoms with Crippen LogP contribution in [-0.4, -0.2) is 13.1 Å². The Hall–Kier alpha value is -0.790. The van der Waals surface area contributed by atoms with E-state index in [1.54, 1.807) is 12.5 Å². The van der Waals surface area contributed by atoms with Crippen LogP contribution in [0.3, 0.4) is 0 Å². The van der Waals surface area contributed by atoms with E-state index in [1.165, 1.54) is 13.2 Å². The van der Waals surface area contributed by atoms with Crippen LogP contribution in [0.5, 0.6) is 0 Å². The van der Waals surface area contributed by atoms with Crippen molar-refractivity contribution in [2.75, 3.05) is 7.11 Å². The van der Waals surface area contributed by atoms with Gasteiger partial charge in [0.05, 0.1) is 7.11 Å². The van der Waals surface area contributed by atoms with Crippen LogP contribution >= 0.6 is 0 Å². The fourth-order valence-electron chi connectivity index (χ4n) is 0.243. The molecule has 0 unspecified atom stereocenters. The summed E-state index contributed by atoms with van der Waals surface area (Å²) in [6.07, 6.45) is 4.75. The topological polar surface area (TPSA) is 26.3 Å². The second-order valence-corrected chi connectivity index (χ2v) is 1.22. The van der Waals surface area contributed by atoms with Crippen LogP contribution in [0.2, 0.25) is 0 Å². The van der Waals surface area contributed by atoms with Gasteiger partial charge in [-0.05, 0) is 6.42 Å². The van der Waals surface area contributed by atoms with Crippen LogP contribution in [-0.2, 0) is 9.53 Å². The molecule has 0 N–H and O–H groups in total. The summed E-state index contributed by atoms with van der Waals surface area (Å²) in [5.41, 5.74) is 0. The molecule has 45 valence electrons. The molecule has 0 saturated carbocycles. The first-order chi connectivity index (χ1) is 3.81. The summed E-state index contributed by atoms with van der Waals surface area (Å²) in [7, 11) is 1.35. The monoisotopic (exact) mass is 113 g/mol. The molecule has 0 rings (SSSR count). The van der Waals surface area contributed by atoms with Gasteiger partial charge in [-0.3, -0.25) is 0 Å². The Labute approximate surface area is 49.1 Å². The molecule has 0 fully saturated rings. The summed E-state index contributed by atoms with van der Waals surface area (Å²) in [4.78, 5) is 10.2. The third kappa shape index (κ3) is 3.40. The van der Waals surface area contributed by atoms with Crippen molar-refractivity contribution in [1.29, 1.82) is 0 Å². The van der Waals surface area contributed by atoms with E-state index in [2.05, 4.69) is 4.74 Å². The van der Waals surface area contributed by atoms with E-state index in [0.717, 1.165) is 0 Å². The van der Waals surface area contributed by atoms with Gasteiger partial charge in [0.25, 0.3) is 0 Å². The summed E-state index contributed by atoms with van der Waals surface area (Å²) in [6.45, 7) is 1.83. The fourth-order valence-corrected chi connectivity index (χ4v) is 0.243. The van der Waals surface area contributed by atoms with Crippen LogP contribution in [0.1, 0.15) is 6.92 Å². The highest BCUT2D eigenvalue weighted by molar-refractivity contribution is 5.81. The number of rotatable bonds is 2. The van der Waals surface area contributed by atoms with E-state index in [0.29, 0.717) is 0 Å². The van der Waals surface area contributed by atoms with Gasteiger partial charge in [0, 0.05) is 6.08 Å². The van der Waals surface area contributed by atoms with Crippen molar-refractivity contribution in [3.8, 4) is 0 Å². The summed E-state index contributed by atoms with van der Waals surface area (Å²) in [6, 6.07) is 0. The Balaban J connectivity index is 3.37. The summed E-state index contributed by atoms with van der Waals surface area (Å²) < 4.78 is 4.31. The van der Waals surface area contributed by atoms with Crippen molar-refractivity contribution < 1.29 is 9.53 Å². The molecule has 0 saturated heterocycles. The molecule has 0 aromatic carbocycles. The lowest BCUT2D eigenvalue weighted by Crippen LogP contribution is -1.92. The number of hydrogen-bond acceptors (Lipinski definition) is 2. The molecule has 0 aliphatic carbocycles. The lowest BCUT2D eigenvalue weighted by molar-refractivity contribution is -0.134. The van der Waals surface area contributed by atoms with Crippen LogP contribution in [0, 0.1) is 6.42 Å². The molecule has 0 bridgehead atoms. The van der Waals surface area contributed by atoms with E-state index in [9.17, 15) is 4.79 Å². The van der Waals surface area contributed by atoms with Crippen molar-refractivity contribution in [3.63, 3.8) is 0 Å². The number of carbonyl (C=O) groups excluding carboxylic acids is 1. The second-order valence-electron chi connectivity index (χ2n) is 1.22. The lowest BCUT2D eigenvalue weighted by Gasteiger charge is -1.85. The molecule has 0 aromatic heterocycles. The van der Waals surface area contributed by atoms with Crippen molar-refractivity contribution in [2.45, 2.75) is 6.92 Å². The van der Waals surface area contributed by atoms with Gasteiger partial charge in [-0.2, -0.15) is 0 Å².